The molecule has 0 saturated heterocycles. The van der Waals surface area contributed by atoms with Gasteiger partial charge in [-0.3, -0.25) is 9.59 Å². The van der Waals surface area contributed by atoms with Crippen molar-refractivity contribution in [3.8, 4) is 0 Å². The Labute approximate surface area is 125 Å². The lowest BCUT2D eigenvalue weighted by molar-refractivity contribution is -0.126. The second-order valence-corrected chi connectivity index (χ2v) is 6.08. The summed E-state index contributed by atoms with van der Waals surface area (Å²) in [5, 5.41) is 5.65. The van der Waals surface area contributed by atoms with Gasteiger partial charge in [-0.1, -0.05) is 24.3 Å². The SMILES string of the molecule is O=C(CNC(=O)C1CC1)NCC1CCCc2ccccc21. The van der Waals surface area contributed by atoms with E-state index in [1.165, 1.54) is 17.5 Å². The molecule has 1 unspecified atom stereocenters. The first-order chi connectivity index (χ1) is 10.2. The molecule has 0 radical (unpaired) electrons. The van der Waals surface area contributed by atoms with Gasteiger partial charge in [0.05, 0.1) is 6.54 Å². The third-order valence-electron chi connectivity index (χ3n) is 4.41. The average molecular weight is 286 g/mol. The molecule has 21 heavy (non-hydrogen) atoms. The van der Waals surface area contributed by atoms with E-state index in [4.69, 9.17) is 0 Å². The summed E-state index contributed by atoms with van der Waals surface area (Å²) in [6.45, 7) is 0.763. The number of carbonyl (C=O) groups is 2. The van der Waals surface area contributed by atoms with E-state index in [1.807, 2.05) is 0 Å². The molecule has 3 rings (SSSR count). The van der Waals surface area contributed by atoms with Crippen LogP contribution in [0.5, 0.6) is 0 Å². The van der Waals surface area contributed by atoms with Crippen LogP contribution in [0.25, 0.3) is 0 Å². The molecule has 2 N–H and O–H groups in total. The van der Waals surface area contributed by atoms with Crippen molar-refractivity contribution in [3.05, 3.63) is 35.4 Å². The third-order valence-corrected chi connectivity index (χ3v) is 4.41. The lowest BCUT2D eigenvalue weighted by atomic mass is 9.83. The van der Waals surface area contributed by atoms with Crippen molar-refractivity contribution in [2.45, 2.75) is 38.0 Å². The number of aryl methyl sites for hydroxylation is 1. The molecule has 1 aromatic rings. The lowest BCUT2D eigenvalue weighted by Gasteiger charge is -2.25. The van der Waals surface area contributed by atoms with Crippen LogP contribution >= 0.6 is 0 Å². The zero-order valence-corrected chi connectivity index (χ0v) is 12.2. The largest absolute Gasteiger partial charge is 0.354 e. The third kappa shape index (κ3) is 3.63. The van der Waals surface area contributed by atoms with Gasteiger partial charge in [-0.2, -0.15) is 0 Å². The molecule has 0 aromatic heterocycles. The maximum atomic E-state index is 11.8. The zero-order valence-electron chi connectivity index (χ0n) is 12.2. The number of carbonyl (C=O) groups excluding carboxylic acids is 2. The van der Waals surface area contributed by atoms with Crippen LogP contribution in [-0.2, 0) is 16.0 Å². The summed E-state index contributed by atoms with van der Waals surface area (Å²) in [7, 11) is 0. The molecule has 1 atom stereocenters. The highest BCUT2D eigenvalue weighted by Gasteiger charge is 2.29. The molecule has 0 heterocycles. The van der Waals surface area contributed by atoms with Gasteiger partial charge < -0.3 is 10.6 Å². The molecule has 0 spiro atoms. The molecule has 4 nitrogen and oxygen atoms in total. The molecule has 0 bridgehead atoms. The fourth-order valence-electron chi connectivity index (χ4n) is 3.02. The number of fused-ring (bicyclic) bond motifs is 1. The summed E-state index contributed by atoms with van der Waals surface area (Å²) in [6, 6.07) is 8.49. The van der Waals surface area contributed by atoms with Gasteiger partial charge in [0.25, 0.3) is 0 Å². The second kappa shape index (κ2) is 6.29. The summed E-state index contributed by atoms with van der Waals surface area (Å²) in [6.07, 6.45) is 5.36. The van der Waals surface area contributed by atoms with E-state index < -0.39 is 0 Å². The van der Waals surface area contributed by atoms with Crippen LogP contribution in [-0.4, -0.2) is 24.9 Å². The number of hydrogen-bond acceptors (Lipinski definition) is 2. The summed E-state index contributed by atoms with van der Waals surface area (Å²) in [5.41, 5.74) is 2.77. The fraction of sp³-hybridized carbons (Fsp3) is 0.529. The first-order valence-electron chi connectivity index (χ1n) is 7.86. The van der Waals surface area contributed by atoms with Crippen LogP contribution in [0, 0.1) is 5.92 Å². The van der Waals surface area contributed by atoms with Crippen molar-refractivity contribution < 1.29 is 9.59 Å². The first kappa shape index (κ1) is 14.1. The lowest BCUT2D eigenvalue weighted by Crippen LogP contribution is -2.39. The van der Waals surface area contributed by atoms with Crippen molar-refractivity contribution in [1.82, 2.24) is 10.6 Å². The Kier molecular flexibility index (Phi) is 4.23. The van der Waals surface area contributed by atoms with Gasteiger partial charge >= 0.3 is 0 Å². The summed E-state index contributed by atoms with van der Waals surface area (Å²) >= 11 is 0. The van der Waals surface area contributed by atoms with Crippen molar-refractivity contribution in [1.29, 1.82) is 0 Å². The number of benzene rings is 1. The number of amides is 2. The molecule has 1 saturated carbocycles. The second-order valence-electron chi connectivity index (χ2n) is 6.08. The van der Waals surface area contributed by atoms with Crippen LogP contribution < -0.4 is 10.6 Å². The molecular formula is C17H22N2O2. The molecule has 1 aromatic carbocycles. The van der Waals surface area contributed by atoms with Crippen molar-refractivity contribution in [2.75, 3.05) is 13.1 Å². The van der Waals surface area contributed by atoms with Crippen LogP contribution in [0.2, 0.25) is 0 Å². The van der Waals surface area contributed by atoms with E-state index in [9.17, 15) is 9.59 Å². The Bertz CT molecular complexity index is 537. The Hall–Kier alpha value is -1.84. The molecule has 0 aliphatic heterocycles. The Morgan fingerprint density at radius 3 is 2.71 bits per heavy atom. The standard InChI is InChI=1S/C17H22N2O2/c20-16(11-19-17(21)13-8-9-13)18-10-14-6-3-5-12-4-1-2-7-15(12)14/h1-2,4,7,13-14H,3,5-6,8-11H2,(H,18,20)(H,19,21). The minimum Gasteiger partial charge on any atom is -0.354 e. The van der Waals surface area contributed by atoms with Gasteiger partial charge in [0.1, 0.15) is 0 Å². The van der Waals surface area contributed by atoms with Crippen LogP contribution in [0.15, 0.2) is 24.3 Å². The number of nitrogens with one attached hydrogen (secondary N) is 2. The van der Waals surface area contributed by atoms with E-state index in [0.29, 0.717) is 12.5 Å². The molecule has 4 heteroatoms. The van der Waals surface area contributed by atoms with E-state index in [-0.39, 0.29) is 24.3 Å². The highest BCUT2D eigenvalue weighted by Crippen LogP contribution is 2.30. The van der Waals surface area contributed by atoms with Crippen molar-refractivity contribution >= 4 is 11.8 Å². The Morgan fingerprint density at radius 2 is 1.90 bits per heavy atom. The topological polar surface area (TPSA) is 58.2 Å². The first-order valence-corrected chi connectivity index (χ1v) is 7.86. The molecule has 2 aliphatic rings. The van der Waals surface area contributed by atoms with Crippen LogP contribution in [0.1, 0.15) is 42.7 Å². The number of rotatable bonds is 5. The highest BCUT2D eigenvalue weighted by atomic mass is 16.2. The molecular weight excluding hydrogens is 264 g/mol. The zero-order chi connectivity index (χ0) is 14.7. The molecule has 1 fully saturated rings. The van der Waals surface area contributed by atoms with Crippen molar-refractivity contribution in [3.63, 3.8) is 0 Å². The average Bonchev–Trinajstić information content (AvgIpc) is 3.35. The molecule has 112 valence electrons. The Morgan fingerprint density at radius 1 is 1.10 bits per heavy atom. The number of hydrogen-bond donors (Lipinski definition) is 2. The maximum absolute atomic E-state index is 11.8. The predicted octanol–water partition coefficient (Wildman–Crippen LogP) is 1.75. The monoisotopic (exact) mass is 286 g/mol. The summed E-state index contributed by atoms with van der Waals surface area (Å²) in [4.78, 5) is 23.3. The highest BCUT2D eigenvalue weighted by molar-refractivity contribution is 5.86. The van der Waals surface area contributed by atoms with Crippen molar-refractivity contribution in [2.24, 2.45) is 5.92 Å². The van der Waals surface area contributed by atoms with Gasteiger partial charge in [-0.25, -0.2) is 0 Å². The van der Waals surface area contributed by atoms with Gasteiger partial charge in [0.15, 0.2) is 0 Å². The van der Waals surface area contributed by atoms with Crippen LogP contribution in [0.3, 0.4) is 0 Å². The molecule has 2 aliphatic carbocycles. The quantitative estimate of drug-likeness (QED) is 0.866. The minimum absolute atomic E-state index is 0.0214. The Balaban J connectivity index is 1.46. The van der Waals surface area contributed by atoms with Crippen LogP contribution in [0.4, 0.5) is 0 Å². The predicted molar refractivity (Wildman–Crippen MR) is 80.9 cm³/mol. The fourth-order valence-corrected chi connectivity index (χ4v) is 3.02. The van der Waals surface area contributed by atoms with Gasteiger partial charge in [0, 0.05) is 18.4 Å². The normalized spacial score (nSPS) is 20.5. The van der Waals surface area contributed by atoms with E-state index in [0.717, 1.165) is 25.7 Å². The van der Waals surface area contributed by atoms with E-state index in [1.54, 1.807) is 0 Å². The summed E-state index contributed by atoms with van der Waals surface area (Å²) < 4.78 is 0. The smallest absolute Gasteiger partial charge is 0.239 e. The van der Waals surface area contributed by atoms with Gasteiger partial charge in [-0.05, 0) is 43.2 Å². The van der Waals surface area contributed by atoms with Gasteiger partial charge in [0.2, 0.25) is 11.8 Å². The minimum atomic E-state index is -0.0907. The summed E-state index contributed by atoms with van der Waals surface area (Å²) in [5.74, 6) is 0.487. The van der Waals surface area contributed by atoms with E-state index in [2.05, 4.69) is 34.9 Å². The maximum Gasteiger partial charge on any atom is 0.239 e. The van der Waals surface area contributed by atoms with Gasteiger partial charge in [-0.15, -0.1) is 0 Å². The molecule has 2 amide bonds. The van der Waals surface area contributed by atoms with E-state index >= 15 is 0 Å².